The van der Waals surface area contributed by atoms with Gasteiger partial charge >= 0.3 is 0 Å². The Balaban J connectivity index is 2.49. The van der Waals surface area contributed by atoms with E-state index in [2.05, 4.69) is 51.7 Å². The molecule has 1 rings (SSSR count). The van der Waals surface area contributed by atoms with Crippen LogP contribution < -0.4 is 5.32 Å². The van der Waals surface area contributed by atoms with Gasteiger partial charge in [-0.2, -0.15) is 11.8 Å². The molecule has 2 nitrogen and oxygen atoms in total. The minimum Gasteiger partial charge on any atom is -0.394 e. The minimum absolute atomic E-state index is 0.0114. The summed E-state index contributed by atoms with van der Waals surface area (Å²) in [5.74, 6) is 0.738. The van der Waals surface area contributed by atoms with Crippen LogP contribution in [0, 0.1) is 5.92 Å². The lowest BCUT2D eigenvalue weighted by Crippen LogP contribution is -2.49. The molecule has 3 heteroatoms. The van der Waals surface area contributed by atoms with Gasteiger partial charge in [-0.15, -0.1) is 0 Å². The molecule has 17 heavy (non-hydrogen) atoms. The molecular weight excluding hydrogens is 230 g/mol. The number of rotatable bonds is 6. The van der Waals surface area contributed by atoms with Crippen LogP contribution in [0.5, 0.6) is 0 Å². The average Bonchev–Trinajstić information content (AvgIpc) is 2.61. The second-order valence-electron chi connectivity index (χ2n) is 6.19. The van der Waals surface area contributed by atoms with Gasteiger partial charge in [0.15, 0.2) is 0 Å². The van der Waals surface area contributed by atoms with E-state index in [-0.39, 0.29) is 12.1 Å². The molecule has 2 N–H and O–H groups in total. The van der Waals surface area contributed by atoms with E-state index in [9.17, 15) is 5.11 Å². The number of aliphatic hydroxyl groups excluding tert-OH is 1. The van der Waals surface area contributed by atoms with Crippen LogP contribution in [0.1, 0.15) is 53.9 Å². The molecule has 0 aliphatic heterocycles. The van der Waals surface area contributed by atoms with Gasteiger partial charge in [-0.25, -0.2) is 0 Å². The maximum absolute atomic E-state index is 9.65. The molecule has 0 spiro atoms. The van der Waals surface area contributed by atoms with Crippen molar-refractivity contribution in [2.45, 2.75) is 76.0 Å². The number of hydrogen-bond acceptors (Lipinski definition) is 3. The van der Waals surface area contributed by atoms with E-state index >= 15 is 0 Å². The number of thioether (sulfide) groups is 1. The molecule has 1 aliphatic rings. The molecule has 0 heterocycles. The van der Waals surface area contributed by atoms with Gasteiger partial charge in [-0.1, -0.05) is 34.6 Å². The second-order valence-corrected chi connectivity index (χ2v) is 7.87. The Morgan fingerprint density at radius 1 is 1.29 bits per heavy atom. The minimum atomic E-state index is -0.0114. The Morgan fingerprint density at radius 2 is 1.94 bits per heavy atom. The van der Waals surface area contributed by atoms with Crippen LogP contribution in [0.3, 0.4) is 0 Å². The molecule has 0 aromatic heterocycles. The van der Waals surface area contributed by atoms with Gasteiger partial charge < -0.3 is 10.4 Å². The monoisotopic (exact) mass is 259 g/mol. The summed E-state index contributed by atoms with van der Waals surface area (Å²) < 4.78 is 0. The highest BCUT2D eigenvalue weighted by molar-refractivity contribution is 8.00. The van der Waals surface area contributed by atoms with Crippen molar-refractivity contribution < 1.29 is 5.11 Å². The number of hydrogen-bond donors (Lipinski definition) is 2. The fourth-order valence-corrected chi connectivity index (χ4v) is 4.18. The summed E-state index contributed by atoms with van der Waals surface area (Å²) in [6.45, 7) is 11.5. The Kier molecular flexibility index (Phi) is 5.81. The molecule has 0 radical (unpaired) electrons. The Morgan fingerprint density at radius 3 is 2.41 bits per heavy atom. The van der Waals surface area contributed by atoms with Gasteiger partial charge in [0.25, 0.3) is 0 Å². The zero-order valence-electron chi connectivity index (χ0n) is 12.0. The van der Waals surface area contributed by atoms with Crippen LogP contribution in [0.2, 0.25) is 0 Å². The lowest BCUT2D eigenvalue weighted by Gasteiger charge is -2.31. The van der Waals surface area contributed by atoms with E-state index in [1.165, 1.54) is 6.42 Å². The average molecular weight is 259 g/mol. The van der Waals surface area contributed by atoms with E-state index in [0.29, 0.717) is 16.5 Å². The Hall–Kier alpha value is 0.270. The summed E-state index contributed by atoms with van der Waals surface area (Å²) in [5.41, 5.74) is -0.0114. The van der Waals surface area contributed by atoms with Crippen LogP contribution >= 0.6 is 11.8 Å². The first kappa shape index (κ1) is 15.3. The van der Waals surface area contributed by atoms with Crippen molar-refractivity contribution in [3.8, 4) is 0 Å². The number of aliphatic hydroxyl groups is 1. The van der Waals surface area contributed by atoms with E-state index < -0.39 is 0 Å². The van der Waals surface area contributed by atoms with Crippen molar-refractivity contribution in [3.63, 3.8) is 0 Å². The fraction of sp³-hybridized carbons (Fsp3) is 1.00. The summed E-state index contributed by atoms with van der Waals surface area (Å²) in [7, 11) is 0. The zero-order valence-corrected chi connectivity index (χ0v) is 12.8. The predicted octanol–water partition coefficient (Wildman–Crippen LogP) is 3.05. The van der Waals surface area contributed by atoms with Crippen LogP contribution in [0.4, 0.5) is 0 Å². The van der Waals surface area contributed by atoms with Gasteiger partial charge in [0, 0.05) is 22.1 Å². The SMILES string of the molecule is CC(C)NC1(CO)CCC(SC(C)C(C)C)C1. The molecule has 1 fully saturated rings. The maximum atomic E-state index is 9.65. The molecule has 1 saturated carbocycles. The molecular formula is C14H29NOS. The van der Waals surface area contributed by atoms with Crippen LogP contribution in [0.15, 0.2) is 0 Å². The quantitative estimate of drug-likeness (QED) is 0.769. The molecule has 0 amide bonds. The first-order valence-electron chi connectivity index (χ1n) is 6.92. The Bertz CT molecular complexity index is 232. The van der Waals surface area contributed by atoms with Crippen LogP contribution in [-0.2, 0) is 0 Å². The zero-order chi connectivity index (χ0) is 13.1. The predicted molar refractivity (Wildman–Crippen MR) is 77.6 cm³/mol. The smallest absolute Gasteiger partial charge is 0.0613 e. The van der Waals surface area contributed by atoms with E-state index in [1.54, 1.807) is 0 Å². The van der Waals surface area contributed by atoms with Crippen molar-refractivity contribution >= 4 is 11.8 Å². The normalized spacial score (nSPS) is 31.4. The summed E-state index contributed by atoms with van der Waals surface area (Å²) in [6.07, 6.45) is 3.47. The third-order valence-corrected chi connectivity index (χ3v) is 5.57. The highest BCUT2D eigenvalue weighted by Crippen LogP contribution is 2.40. The van der Waals surface area contributed by atoms with Gasteiger partial charge in [-0.05, 0) is 25.2 Å². The summed E-state index contributed by atoms with van der Waals surface area (Å²) in [4.78, 5) is 0. The number of nitrogens with one attached hydrogen (secondary N) is 1. The summed E-state index contributed by atoms with van der Waals surface area (Å²) in [5, 5.41) is 14.7. The highest BCUT2D eigenvalue weighted by Gasteiger charge is 2.39. The lowest BCUT2D eigenvalue weighted by atomic mass is 9.98. The molecule has 0 aromatic rings. The molecule has 0 saturated heterocycles. The van der Waals surface area contributed by atoms with Crippen molar-refractivity contribution in [3.05, 3.63) is 0 Å². The molecule has 0 bridgehead atoms. The standard InChI is InChI=1S/C14H29NOS/c1-10(2)12(5)17-13-6-7-14(8-13,9-16)15-11(3)4/h10-13,15-16H,6-9H2,1-5H3. The van der Waals surface area contributed by atoms with Crippen molar-refractivity contribution in [2.24, 2.45) is 5.92 Å². The van der Waals surface area contributed by atoms with E-state index in [1.807, 2.05) is 0 Å². The molecule has 0 aromatic carbocycles. The molecule has 3 atom stereocenters. The topological polar surface area (TPSA) is 32.3 Å². The van der Waals surface area contributed by atoms with Gasteiger partial charge in [0.05, 0.1) is 6.61 Å². The second kappa shape index (κ2) is 6.44. The summed E-state index contributed by atoms with van der Waals surface area (Å²) in [6, 6.07) is 0.452. The summed E-state index contributed by atoms with van der Waals surface area (Å²) >= 11 is 2.11. The molecule has 3 unspecified atom stereocenters. The van der Waals surface area contributed by atoms with Crippen molar-refractivity contribution in [1.82, 2.24) is 5.32 Å². The van der Waals surface area contributed by atoms with Gasteiger partial charge in [0.1, 0.15) is 0 Å². The lowest BCUT2D eigenvalue weighted by molar-refractivity contribution is 0.156. The van der Waals surface area contributed by atoms with E-state index in [4.69, 9.17) is 0 Å². The third kappa shape index (κ3) is 4.46. The molecule has 1 aliphatic carbocycles. The van der Waals surface area contributed by atoms with Gasteiger partial charge in [0.2, 0.25) is 0 Å². The maximum Gasteiger partial charge on any atom is 0.0613 e. The van der Waals surface area contributed by atoms with Crippen LogP contribution in [-0.4, -0.2) is 33.8 Å². The first-order valence-corrected chi connectivity index (χ1v) is 7.87. The largest absolute Gasteiger partial charge is 0.394 e. The third-order valence-electron chi connectivity index (χ3n) is 3.81. The molecule has 102 valence electrons. The Labute approximate surface area is 111 Å². The van der Waals surface area contributed by atoms with Crippen molar-refractivity contribution in [2.75, 3.05) is 6.61 Å². The van der Waals surface area contributed by atoms with Crippen LogP contribution in [0.25, 0.3) is 0 Å². The fourth-order valence-electron chi connectivity index (χ4n) is 2.59. The van der Waals surface area contributed by atoms with Gasteiger partial charge in [-0.3, -0.25) is 0 Å². The first-order chi connectivity index (χ1) is 7.88. The van der Waals surface area contributed by atoms with Crippen molar-refractivity contribution in [1.29, 1.82) is 0 Å². The van der Waals surface area contributed by atoms with E-state index in [0.717, 1.165) is 18.8 Å². The highest BCUT2D eigenvalue weighted by atomic mass is 32.2.